The van der Waals surface area contributed by atoms with Crippen molar-refractivity contribution >= 4 is 5.91 Å². The van der Waals surface area contributed by atoms with Crippen LogP contribution in [0.15, 0.2) is 30.3 Å². The number of aliphatic hydroxyl groups is 1. The summed E-state index contributed by atoms with van der Waals surface area (Å²) in [5, 5.41) is 11.6. The molecule has 1 aromatic carbocycles. The van der Waals surface area contributed by atoms with E-state index in [1.54, 1.807) is 0 Å². The lowest BCUT2D eigenvalue weighted by Gasteiger charge is -2.04. The van der Waals surface area contributed by atoms with Crippen LogP contribution in [0, 0.1) is 5.92 Å². The zero-order chi connectivity index (χ0) is 12.8. The van der Waals surface area contributed by atoms with Crippen molar-refractivity contribution in [2.45, 2.75) is 31.6 Å². The third kappa shape index (κ3) is 3.57. The number of rotatable bonds is 7. The molecule has 0 spiro atoms. The summed E-state index contributed by atoms with van der Waals surface area (Å²) in [7, 11) is 0. The number of carbonyl (C=O) groups excluding carboxylic acids is 1. The normalized spacial score (nSPS) is 21.6. The quantitative estimate of drug-likeness (QED) is 0.725. The van der Waals surface area contributed by atoms with Gasteiger partial charge in [-0.05, 0) is 37.2 Å². The van der Waals surface area contributed by atoms with E-state index in [1.165, 1.54) is 5.56 Å². The van der Waals surface area contributed by atoms with Gasteiger partial charge in [0, 0.05) is 19.1 Å². The molecule has 0 radical (unpaired) electrons. The molecule has 0 saturated heterocycles. The third-order valence-corrected chi connectivity index (χ3v) is 3.49. The van der Waals surface area contributed by atoms with E-state index in [0.29, 0.717) is 5.92 Å². The van der Waals surface area contributed by atoms with E-state index < -0.39 is 0 Å². The maximum absolute atomic E-state index is 11.9. The fraction of sp³-hybridized carbons (Fsp3) is 0.533. The monoisotopic (exact) mass is 247 g/mol. The molecular weight excluding hydrogens is 226 g/mol. The summed E-state index contributed by atoms with van der Waals surface area (Å²) >= 11 is 0. The van der Waals surface area contributed by atoms with E-state index in [-0.39, 0.29) is 18.4 Å². The Labute approximate surface area is 108 Å². The highest BCUT2D eigenvalue weighted by Gasteiger charge is 2.43. The maximum atomic E-state index is 11.9. The van der Waals surface area contributed by atoms with Gasteiger partial charge in [-0.1, -0.05) is 30.3 Å². The van der Waals surface area contributed by atoms with Crippen LogP contribution in [0.2, 0.25) is 0 Å². The Morgan fingerprint density at radius 3 is 2.72 bits per heavy atom. The van der Waals surface area contributed by atoms with Gasteiger partial charge in [0.05, 0.1) is 0 Å². The smallest absolute Gasteiger partial charge is 0.223 e. The fourth-order valence-corrected chi connectivity index (χ4v) is 2.31. The summed E-state index contributed by atoms with van der Waals surface area (Å²) < 4.78 is 0. The molecule has 1 aromatic rings. The average Bonchev–Trinajstić information content (AvgIpc) is 3.20. The first-order chi connectivity index (χ1) is 8.83. The number of unbranched alkanes of at least 4 members (excludes halogenated alkanes) is 2. The Bertz CT molecular complexity index is 377. The van der Waals surface area contributed by atoms with Gasteiger partial charge in [-0.3, -0.25) is 4.79 Å². The van der Waals surface area contributed by atoms with Crippen molar-refractivity contribution < 1.29 is 9.90 Å². The van der Waals surface area contributed by atoms with Crippen LogP contribution in [0.5, 0.6) is 0 Å². The predicted octanol–water partition coefficient (Wildman–Crippen LogP) is 2.07. The van der Waals surface area contributed by atoms with Crippen LogP contribution in [0.4, 0.5) is 0 Å². The summed E-state index contributed by atoms with van der Waals surface area (Å²) in [5.74, 6) is 0.779. The summed E-state index contributed by atoms with van der Waals surface area (Å²) in [6.07, 6.45) is 3.73. The Hall–Kier alpha value is -1.35. The molecule has 2 N–H and O–H groups in total. The number of aliphatic hydroxyl groups excluding tert-OH is 1. The SMILES string of the molecule is O=C(NCCCCCO)C1CC1c1ccccc1. The Balaban J connectivity index is 1.67. The van der Waals surface area contributed by atoms with Crippen molar-refractivity contribution in [2.75, 3.05) is 13.2 Å². The minimum Gasteiger partial charge on any atom is -0.396 e. The molecule has 2 atom stereocenters. The first kappa shape index (κ1) is 13.1. The van der Waals surface area contributed by atoms with Crippen molar-refractivity contribution in [3.8, 4) is 0 Å². The number of carbonyl (C=O) groups is 1. The largest absolute Gasteiger partial charge is 0.396 e. The van der Waals surface area contributed by atoms with Crippen molar-refractivity contribution in [1.29, 1.82) is 0 Å². The maximum Gasteiger partial charge on any atom is 0.223 e. The van der Waals surface area contributed by atoms with Gasteiger partial charge in [0.1, 0.15) is 0 Å². The van der Waals surface area contributed by atoms with Crippen molar-refractivity contribution in [2.24, 2.45) is 5.92 Å². The standard InChI is InChI=1S/C15H21NO2/c17-10-6-2-5-9-16-15(18)14-11-13(14)12-7-3-1-4-8-12/h1,3-4,7-8,13-14,17H,2,5-6,9-11H2,(H,16,18). The first-order valence-electron chi connectivity index (χ1n) is 6.76. The summed E-state index contributed by atoms with van der Waals surface area (Å²) in [6.45, 7) is 0.976. The average molecular weight is 247 g/mol. The van der Waals surface area contributed by atoms with Crippen LogP contribution in [0.25, 0.3) is 0 Å². The van der Waals surface area contributed by atoms with Crippen molar-refractivity contribution in [1.82, 2.24) is 5.32 Å². The molecule has 1 aliphatic rings. The van der Waals surface area contributed by atoms with Gasteiger partial charge >= 0.3 is 0 Å². The van der Waals surface area contributed by atoms with Crippen LogP contribution in [-0.4, -0.2) is 24.2 Å². The van der Waals surface area contributed by atoms with Crippen LogP contribution in [0.1, 0.15) is 37.2 Å². The molecule has 1 aliphatic carbocycles. The zero-order valence-corrected chi connectivity index (χ0v) is 10.6. The topological polar surface area (TPSA) is 49.3 Å². The highest BCUT2D eigenvalue weighted by molar-refractivity contribution is 5.82. The van der Waals surface area contributed by atoms with Gasteiger partial charge in [-0.2, -0.15) is 0 Å². The molecule has 1 saturated carbocycles. The molecule has 2 unspecified atom stereocenters. The van der Waals surface area contributed by atoms with E-state index in [2.05, 4.69) is 17.4 Å². The van der Waals surface area contributed by atoms with Gasteiger partial charge < -0.3 is 10.4 Å². The Morgan fingerprint density at radius 2 is 2.00 bits per heavy atom. The van der Waals surface area contributed by atoms with E-state index in [9.17, 15) is 4.79 Å². The van der Waals surface area contributed by atoms with Gasteiger partial charge in [-0.15, -0.1) is 0 Å². The molecular formula is C15H21NO2. The van der Waals surface area contributed by atoms with Crippen LogP contribution < -0.4 is 5.32 Å². The Kier molecular flexibility index (Phi) is 4.76. The van der Waals surface area contributed by atoms with E-state index >= 15 is 0 Å². The van der Waals surface area contributed by atoms with Crippen LogP contribution in [-0.2, 0) is 4.79 Å². The van der Waals surface area contributed by atoms with E-state index in [4.69, 9.17) is 5.11 Å². The second-order valence-corrected chi connectivity index (χ2v) is 4.93. The molecule has 3 nitrogen and oxygen atoms in total. The minimum atomic E-state index is 0.172. The molecule has 2 rings (SSSR count). The van der Waals surface area contributed by atoms with E-state index in [0.717, 1.165) is 32.2 Å². The van der Waals surface area contributed by atoms with Gasteiger partial charge in [0.15, 0.2) is 0 Å². The lowest BCUT2D eigenvalue weighted by Crippen LogP contribution is -2.26. The Morgan fingerprint density at radius 1 is 1.22 bits per heavy atom. The number of nitrogens with one attached hydrogen (secondary N) is 1. The highest BCUT2D eigenvalue weighted by atomic mass is 16.2. The number of hydrogen-bond donors (Lipinski definition) is 2. The molecule has 3 heteroatoms. The first-order valence-corrected chi connectivity index (χ1v) is 6.76. The molecule has 18 heavy (non-hydrogen) atoms. The number of amides is 1. The lowest BCUT2D eigenvalue weighted by molar-refractivity contribution is -0.122. The van der Waals surface area contributed by atoms with Gasteiger partial charge in [-0.25, -0.2) is 0 Å². The summed E-state index contributed by atoms with van der Waals surface area (Å²) in [4.78, 5) is 11.9. The molecule has 0 aliphatic heterocycles. The molecule has 1 amide bonds. The van der Waals surface area contributed by atoms with Gasteiger partial charge in [0.25, 0.3) is 0 Å². The van der Waals surface area contributed by atoms with Crippen LogP contribution >= 0.6 is 0 Å². The molecule has 0 aromatic heterocycles. The summed E-state index contributed by atoms with van der Waals surface area (Å²) in [6, 6.07) is 10.2. The second-order valence-electron chi connectivity index (χ2n) is 4.93. The van der Waals surface area contributed by atoms with Crippen molar-refractivity contribution in [3.05, 3.63) is 35.9 Å². The molecule has 1 fully saturated rings. The second kappa shape index (κ2) is 6.55. The fourth-order valence-electron chi connectivity index (χ4n) is 2.31. The summed E-state index contributed by atoms with van der Waals surface area (Å²) in [5.41, 5.74) is 1.28. The van der Waals surface area contributed by atoms with E-state index in [1.807, 2.05) is 18.2 Å². The third-order valence-electron chi connectivity index (χ3n) is 3.49. The van der Waals surface area contributed by atoms with Crippen LogP contribution in [0.3, 0.4) is 0 Å². The lowest BCUT2D eigenvalue weighted by atomic mass is 10.1. The molecule has 0 heterocycles. The number of benzene rings is 1. The number of hydrogen-bond acceptors (Lipinski definition) is 2. The van der Waals surface area contributed by atoms with Crippen molar-refractivity contribution in [3.63, 3.8) is 0 Å². The minimum absolute atomic E-state index is 0.172. The zero-order valence-electron chi connectivity index (χ0n) is 10.6. The molecule has 0 bridgehead atoms. The molecule has 98 valence electrons. The highest BCUT2D eigenvalue weighted by Crippen LogP contribution is 2.47. The predicted molar refractivity (Wildman–Crippen MR) is 71.2 cm³/mol. The van der Waals surface area contributed by atoms with Gasteiger partial charge in [0.2, 0.25) is 5.91 Å².